The largest absolute Gasteiger partial charge is 0.383 e. The lowest BCUT2D eigenvalue weighted by molar-refractivity contribution is 0.102. The average Bonchev–Trinajstić information content (AvgIpc) is 2.92. The van der Waals surface area contributed by atoms with Crippen molar-refractivity contribution in [1.29, 1.82) is 0 Å². The maximum absolute atomic E-state index is 12.0. The zero-order valence-electron chi connectivity index (χ0n) is 10.9. The number of hydrogen-bond donors (Lipinski definition) is 3. The second-order valence-electron chi connectivity index (χ2n) is 3.87. The lowest BCUT2D eigenvalue weighted by Crippen LogP contribution is -2.16. The van der Waals surface area contributed by atoms with Gasteiger partial charge < -0.3 is 15.5 Å². The van der Waals surface area contributed by atoms with Crippen LogP contribution in [0, 0.1) is 0 Å². The number of carbonyl (C=O) groups is 1. The van der Waals surface area contributed by atoms with Crippen LogP contribution in [0.15, 0.2) is 24.8 Å². The Bertz CT molecular complexity index is 584. The van der Waals surface area contributed by atoms with Gasteiger partial charge >= 0.3 is 0 Å². The van der Waals surface area contributed by atoms with E-state index in [1.807, 2.05) is 0 Å². The number of nitrogens with zero attached hydrogens (tertiary/aromatic N) is 4. The molecule has 2 rings (SSSR count). The van der Waals surface area contributed by atoms with Crippen LogP contribution in [-0.2, 0) is 11.3 Å². The van der Waals surface area contributed by atoms with Gasteiger partial charge in [0.05, 0.1) is 37.4 Å². The maximum atomic E-state index is 12.0. The third-order valence-electron chi connectivity index (χ3n) is 2.43. The Hall–Kier alpha value is -2.52. The van der Waals surface area contributed by atoms with E-state index in [-0.39, 0.29) is 11.6 Å². The van der Waals surface area contributed by atoms with Gasteiger partial charge in [-0.3, -0.25) is 14.5 Å². The number of nitrogen functional groups attached to an aromatic ring is 1. The minimum absolute atomic E-state index is 0.157. The van der Waals surface area contributed by atoms with Crippen LogP contribution in [0.2, 0.25) is 0 Å². The molecule has 2 heterocycles. The molecule has 0 bridgehead atoms. The summed E-state index contributed by atoms with van der Waals surface area (Å²) in [6.07, 6.45) is 6.02. The SMILES string of the molecule is COCCn1cc(NC(=O)c2cncc(NN)n2)cn1. The summed E-state index contributed by atoms with van der Waals surface area (Å²) in [5.74, 6) is 5.14. The highest BCUT2D eigenvalue weighted by Gasteiger charge is 2.10. The number of aromatic nitrogens is 4. The normalized spacial score (nSPS) is 10.3. The fourth-order valence-electron chi connectivity index (χ4n) is 1.48. The molecule has 20 heavy (non-hydrogen) atoms. The number of nitrogens with two attached hydrogens (primary N) is 1. The number of nitrogens with one attached hydrogen (secondary N) is 2. The third kappa shape index (κ3) is 3.49. The molecule has 9 nitrogen and oxygen atoms in total. The van der Waals surface area contributed by atoms with Crippen LogP contribution >= 0.6 is 0 Å². The summed E-state index contributed by atoms with van der Waals surface area (Å²) in [6.45, 7) is 1.16. The Morgan fingerprint density at radius 3 is 3.05 bits per heavy atom. The summed E-state index contributed by atoms with van der Waals surface area (Å²) in [6, 6.07) is 0. The third-order valence-corrected chi connectivity index (χ3v) is 2.43. The van der Waals surface area contributed by atoms with Crippen molar-refractivity contribution in [3.63, 3.8) is 0 Å². The van der Waals surface area contributed by atoms with Crippen molar-refractivity contribution in [2.24, 2.45) is 5.84 Å². The zero-order valence-corrected chi connectivity index (χ0v) is 10.9. The first-order valence-corrected chi connectivity index (χ1v) is 5.84. The van der Waals surface area contributed by atoms with Crippen LogP contribution in [0.3, 0.4) is 0 Å². The summed E-state index contributed by atoms with van der Waals surface area (Å²) >= 11 is 0. The van der Waals surface area contributed by atoms with Gasteiger partial charge in [0.2, 0.25) is 0 Å². The van der Waals surface area contributed by atoms with Crippen molar-refractivity contribution < 1.29 is 9.53 Å². The molecular formula is C11H15N7O2. The molecule has 2 aromatic heterocycles. The topological polar surface area (TPSA) is 120 Å². The average molecular weight is 277 g/mol. The van der Waals surface area contributed by atoms with E-state index in [4.69, 9.17) is 10.6 Å². The maximum Gasteiger partial charge on any atom is 0.276 e. The van der Waals surface area contributed by atoms with E-state index in [1.165, 1.54) is 12.4 Å². The van der Waals surface area contributed by atoms with Gasteiger partial charge in [0.15, 0.2) is 5.82 Å². The number of hydrogen-bond acceptors (Lipinski definition) is 7. The molecule has 9 heteroatoms. The minimum Gasteiger partial charge on any atom is -0.383 e. The van der Waals surface area contributed by atoms with Gasteiger partial charge in [-0.15, -0.1) is 0 Å². The highest BCUT2D eigenvalue weighted by Crippen LogP contribution is 2.08. The molecule has 0 fully saturated rings. The van der Waals surface area contributed by atoms with Crippen LogP contribution < -0.4 is 16.6 Å². The van der Waals surface area contributed by atoms with Crippen LogP contribution in [-0.4, -0.2) is 39.4 Å². The van der Waals surface area contributed by atoms with Gasteiger partial charge in [0.25, 0.3) is 5.91 Å². The molecule has 0 spiro atoms. The van der Waals surface area contributed by atoms with Crippen molar-refractivity contribution >= 4 is 17.4 Å². The molecule has 0 atom stereocenters. The number of hydrazine groups is 1. The van der Waals surface area contributed by atoms with Crippen LogP contribution in [0.5, 0.6) is 0 Å². The van der Waals surface area contributed by atoms with Gasteiger partial charge in [-0.2, -0.15) is 5.10 Å². The van der Waals surface area contributed by atoms with Gasteiger partial charge in [0.1, 0.15) is 5.69 Å². The summed E-state index contributed by atoms with van der Waals surface area (Å²) in [5.41, 5.74) is 3.06. The Kier molecular flexibility index (Phi) is 4.58. The lowest BCUT2D eigenvalue weighted by atomic mass is 10.4. The summed E-state index contributed by atoms with van der Waals surface area (Å²) in [7, 11) is 1.61. The Morgan fingerprint density at radius 1 is 1.45 bits per heavy atom. The van der Waals surface area contributed by atoms with Gasteiger partial charge in [-0.25, -0.2) is 10.8 Å². The molecule has 4 N–H and O–H groups in total. The summed E-state index contributed by atoms with van der Waals surface area (Å²) < 4.78 is 6.62. The molecule has 2 aromatic rings. The highest BCUT2D eigenvalue weighted by molar-refractivity contribution is 6.02. The first kappa shape index (κ1) is 13.9. The first-order chi connectivity index (χ1) is 9.72. The van der Waals surface area contributed by atoms with E-state index < -0.39 is 0 Å². The molecule has 0 saturated heterocycles. The molecule has 0 unspecified atom stereocenters. The molecule has 0 aliphatic carbocycles. The molecule has 0 saturated carbocycles. The summed E-state index contributed by atoms with van der Waals surface area (Å²) in [4.78, 5) is 19.8. The molecule has 106 valence electrons. The first-order valence-electron chi connectivity index (χ1n) is 5.84. The molecule has 0 aliphatic rings. The number of rotatable bonds is 6. The predicted molar refractivity (Wildman–Crippen MR) is 71.9 cm³/mol. The summed E-state index contributed by atoms with van der Waals surface area (Å²) in [5, 5.41) is 6.76. The van der Waals surface area contributed by atoms with E-state index >= 15 is 0 Å². The molecule has 0 radical (unpaired) electrons. The van der Waals surface area contributed by atoms with Crippen LogP contribution in [0.25, 0.3) is 0 Å². The van der Waals surface area contributed by atoms with Crippen molar-refractivity contribution in [3.8, 4) is 0 Å². The Balaban J connectivity index is 2.01. The number of carbonyl (C=O) groups excluding carboxylic acids is 1. The monoisotopic (exact) mass is 277 g/mol. The van der Waals surface area contributed by atoms with Crippen molar-refractivity contribution in [3.05, 3.63) is 30.5 Å². The van der Waals surface area contributed by atoms with Crippen LogP contribution in [0.4, 0.5) is 11.5 Å². The fourth-order valence-corrected chi connectivity index (χ4v) is 1.48. The van der Waals surface area contributed by atoms with Gasteiger partial charge in [-0.1, -0.05) is 0 Å². The Labute approximate surface area is 115 Å². The van der Waals surface area contributed by atoms with E-state index in [0.29, 0.717) is 24.7 Å². The molecule has 0 aromatic carbocycles. The number of anilines is 2. The standard InChI is InChI=1S/C11H15N7O2/c1-20-3-2-18-7-8(4-14-18)15-11(19)9-5-13-6-10(16-9)17-12/h4-7H,2-3,12H2,1H3,(H,15,19)(H,16,17). The zero-order chi connectivity index (χ0) is 14.4. The second-order valence-corrected chi connectivity index (χ2v) is 3.87. The smallest absolute Gasteiger partial charge is 0.276 e. The molecule has 0 aliphatic heterocycles. The minimum atomic E-state index is -0.388. The predicted octanol–water partition coefficient (Wildman–Crippen LogP) is -0.143. The van der Waals surface area contributed by atoms with E-state index in [2.05, 4.69) is 25.8 Å². The van der Waals surface area contributed by atoms with E-state index in [1.54, 1.807) is 24.2 Å². The van der Waals surface area contributed by atoms with Crippen molar-refractivity contribution in [1.82, 2.24) is 19.7 Å². The number of methoxy groups -OCH3 is 1. The van der Waals surface area contributed by atoms with E-state index in [9.17, 15) is 4.79 Å². The van der Waals surface area contributed by atoms with E-state index in [0.717, 1.165) is 0 Å². The fraction of sp³-hybridized carbons (Fsp3) is 0.273. The van der Waals surface area contributed by atoms with Crippen LogP contribution in [0.1, 0.15) is 10.5 Å². The van der Waals surface area contributed by atoms with Crippen molar-refractivity contribution in [2.45, 2.75) is 6.54 Å². The quantitative estimate of drug-likeness (QED) is 0.496. The lowest BCUT2D eigenvalue weighted by Gasteiger charge is -2.03. The number of amides is 1. The van der Waals surface area contributed by atoms with Crippen molar-refractivity contribution in [2.75, 3.05) is 24.5 Å². The Morgan fingerprint density at radius 2 is 2.30 bits per heavy atom. The highest BCUT2D eigenvalue weighted by atomic mass is 16.5. The molecular weight excluding hydrogens is 262 g/mol. The van der Waals surface area contributed by atoms with Gasteiger partial charge in [-0.05, 0) is 0 Å². The molecule has 1 amide bonds. The van der Waals surface area contributed by atoms with Gasteiger partial charge in [0, 0.05) is 13.3 Å². The number of ether oxygens (including phenoxy) is 1. The second kappa shape index (κ2) is 6.59.